The van der Waals surface area contributed by atoms with Gasteiger partial charge >= 0.3 is 5.97 Å². The standard InChI is InChI=1S/C38H46O9/c1-24-25(2)36(41-21-29-16-10-6-11-17-29)44-31(22-40-20-28-14-8-5-9-15-28)33(24)47-38-35(43-27(4)39)26(3)34-32(45-38)23-42-37(46-34)30-18-12-7-13-19-30/h5-19,24-26,31-38H,20-23H2,1-4H3/t24-,25?,26+,31?,32?,33+,34+,35?,36-,37?,38+/m1/s1. The van der Waals surface area contributed by atoms with Crippen molar-refractivity contribution in [3.63, 3.8) is 0 Å². The maximum absolute atomic E-state index is 12.4. The maximum atomic E-state index is 12.4. The van der Waals surface area contributed by atoms with Crippen molar-refractivity contribution in [1.82, 2.24) is 0 Å². The highest BCUT2D eigenvalue weighted by molar-refractivity contribution is 5.66. The van der Waals surface area contributed by atoms with E-state index >= 15 is 0 Å². The summed E-state index contributed by atoms with van der Waals surface area (Å²) in [7, 11) is 0. The number of rotatable bonds is 11. The van der Waals surface area contributed by atoms with Crippen molar-refractivity contribution >= 4 is 5.97 Å². The van der Waals surface area contributed by atoms with Crippen molar-refractivity contribution in [3.05, 3.63) is 108 Å². The largest absolute Gasteiger partial charge is 0.457 e. The van der Waals surface area contributed by atoms with Crippen molar-refractivity contribution in [2.24, 2.45) is 17.8 Å². The first kappa shape index (κ1) is 33.7. The average molecular weight is 647 g/mol. The summed E-state index contributed by atoms with van der Waals surface area (Å²) in [6, 6.07) is 29.9. The monoisotopic (exact) mass is 646 g/mol. The molecular weight excluding hydrogens is 600 g/mol. The fourth-order valence-corrected chi connectivity index (χ4v) is 6.63. The molecule has 3 aromatic carbocycles. The lowest BCUT2D eigenvalue weighted by Gasteiger charge is -2.50. The minimum absolute atomic E-state index is 0.00854. The SMILES string of the molecule is CC(=O)OC1[C@H](O[C@@H]2C(COCc3ccccc3)O[C@@H](OCc3ccccc3)C(C)[C@H]2C)OC2COC(c3ccccc3)O[C@H]2[C@@H]1C. The lowest BCUT2D eigenvalue weighted by molar-refractivity contribution is -0.374. The van der Waals surface area contributed by atoms with Crippen LogP contribution < -0.4 is 0 Å². The molecule has 9 heteroatoms. The van der Waals surface area contributed by atoms with Gasteiger partial charge in [0.2, 0.25) is 0 Å². The summed E-state index contributed by atoms with van der Waals surface area (Å²) in [5.41, 5.74) is 3.06. The third-order valence-electron chi connectivity index (χ3n) is 9.44. The van der Waals surface area contributed by atoms with Gasteiger partial charge in [-0.3, -0.25) is 4.79 Å². The Kier molecular flexibility index (Phi) is 11.4. The van der Waals surface area contributed by atoms with Gasteiger partial charge in [-0.1, -0.05) is 112 Å². The summed E-state index contributed by atoms with van der Waals surface area (Å²) in [6.07, 6.45) is -4.25. The van der Waals surface area contributed by atoms with Gasteiger partial charge in [0.05, 0.1) is 38.6 Å². The molecule has 252 valence electrons. The molecule has 6 rings (SSSR count). The number of carbonyl (C=O) groups excluding carboxylic acids is 1. The molecular formula is C38H46O9. The summed E-state index contributed by atoms with van der Waals surface area (Å²) < 4.78 is 50.9. The van der Waals surface area contributed by atoms with Crippen LogP contribution in [0.15, 0.2) is 91.0 Å². The van der Waals surface area contributed by atoms with Gasteiger partial charge in [0.15, 0.2) is 25.0 Å². The van der Waals surface area contributed by atoms with Gasteiger partial charge in [0.25, 0.3) is 0 Å². The molecule has 3 aliphatic heterocycles. The van der Waals surface area contributed by atoms with Gasteiger partial charge in [-0.2, -0.15) is 0 Å². The Hall–Kier alpha value is -3.15. The van der Waals surface area contributed by atoms with Crippen molar-refractivity contribution in [2.45, 2.75) is 90.3 Å². The molecule has 0 amide bonds. The summed E-state index contributed by atoms with van der Waals surface area (Å²) in [5, 5.41) is 0. The molecule has 0 aromatic heterocycles. The molecule has 3 aromatic rings. The Morgan fingerprint density at radius 1 is 0.723 bits per heavy atom. The van der Waals surface area contributed by atoms with E-state index in [1.54, 1.807) is 0 Å². The molecule has 9 nitrogen and oxygen atoms in total. The smallest absolute Gasteiger partial charge is 0.303 e. The van der Waals surface area contributed by atoms with E-state index in [1.807, 2.05) is 97.9 Å². The number of hydrogen-bond acceptors (Lipinski definition) is 9. The van der Waals surface area contributed by atoms with Gasteiger partial charge in [0, 0.05) is 24.3 Å². The van der Waals surface area contributed by atoms with E-state index in [0.717, 1.165) is 16.7 Å². The average Bonchev–Trinajstić information content (AvgIpc) is 3.10. The Morgan fingerprint density at radius 2 is 1.36 bits per heavy atom. The molecule has 11 atom stereocenters. The summed E-state index contributed by atoms with van der Waals surface area (Å²) in [5.74, 6) is -0.666. The van der Waals surface area contributed by atoms with E-state index in [-0.39, 0.29) is 30.5 Å². The number of esters is 1. The zero-order valence-electron chi connectivity index (χ0n) is 27.5. The molecule has 3 aliphatic rings. The third kappa shape index (κ3) is 8.29. The molecule has 0 saturated carbocycles. The Morgan fingerprint density at radius 3 is 2.02 bits per heavy atom. The van der Waals surface area contributed by atoms with Gasteiger partial charge < -0.3 is 37.9 Å². The maximum Gasteiger partial charge on any atom is 0.303 e. The highest BCUT2D eigenvalue weighted by Gasteiger charge is 2.52. The van der Waals surface area contributed by atoms with E-state index in [1.165, 1.54) is 6.92 Å². The number of fused-ring (bicyclic) bond motifs is 1. The Labute approximate surface area is 277 Å². The van der Waals surface area contributed by atoms with Crippen LogP contribution in [0.5, 0.6) is 0 Å². The highest BCUT2D eigenvalue weighted by Crippen LogP contribution is 2.41. The minimum atomic E-state index is -0.864. The predicted molar refractivity (Wildman–Crippen MR) is 173 cm³/mol. The lowest BCUT2D eigenvalue weighted by Crippen LogP contribution is -2.62. The second-order valence-corrected chi connectivity index (χ2v) is 12.8. The molecule has 0 bridgehead atoms. The Bertz CT molecular complexity index is 1390. The van der Waals surface area contributed by atoms with Crippen LogP contribution in [0, 0.1) is 17.8 Å². The number of hydrogen-bond donors (Lipinski definition) is 0. The zero-order valence-corrected chi connectivity index (χ0v) is 27.5. The van der Waals surface area contributed by atoms with Crippen molar-refractivity contribution in [1.29, 1.82) is 0 Å². The van der Waals surface area contributed by atoms with Gasteiger partial charge in [-0.15, -0.1) is 0 Å². The normalized spacial score (nSPS) is 33.9. The summed E-state index contributed by atoms with van der Waals surface area (Å²) >= 11 is 0. The van der Waals surface area contributed by atoms with Crippen LogP contribution in [-0.2, 0) is 55.9 Å². The zero-order chi connectivity index (χ0) is 32.8. The van der Waals surface area contributed by atoms with Crippen molar-refractivity contribution in [2.75, 3.05) is 13.2 Å². The first-order valence-corrected chi connectivity index (χ1v) is 16.6. The van der Waals surface area contributed by atoms with Crippen LogP contribution in [0.1, 0.15) is 50.7 Å². The quantitative estimate of drug-likeness (QED) is 0.226. The topological polar surface area (TPSA) is 90.9 Å². The van der Waals surface area contributed by atoms with Crippen LogP contribution in [0.3, 0.4) is 0 Å². The van der Waals surface area contributed by atoms with Crippen LogP contribution in [0.4, 0.5) is 0 Å². The van der Waals surface area contributed by atoms with Crippen LogP contribution in [-0.4, -0.2) is 62.3 Å². The van der Waals surface area contributed by atoms with Crippen LogP contribution >= 0.6 is 0 Å². The van der Waals surface area contributed by atoms with E-state index in [9.17, 15) is 4.79 Å². The second kappa shape index (κ2) is 15.8. The molecule has 47 heavy (non-hydrogen) atoms. The van der Waals surface area contributed by atoms with E-state index in [0.29, 0.717) is 19.8 Å². The summed E-state index contributed by atoms with van der Waals surface area (Å²) in [4.78, 5) is 12.4. The molecule has 0 N–H and O–H groups in total. The number of carbonyl (C=O) groups is 1. The minimum Gasteiger partial charge on any atom is -0.457 e. The first-order valence-electron chi connectivity index (χ1n) is 16.6. The van der Waals surface area contributed by atoms with Crippen molar-refractivity contribution < 1.29 is 42.7 Å². The van der Waals surface area contributed by atoms with E-state index in [2.05, 4.69) is 13.8 Å². The first-order chi connectivity index (χ1) is 22.9. The molecule has 0 radical (unpaired) electrons. The van der Waals surface area contributed by atoms with E-state index < -0.39 is 49.3 Å². The van der Waals surface area contributed by atoms with Gasteiger partial charge in [0.1, 0.15) is 12.2 Å². The second-order valence-electron chi connectivity index (χ2n) is 12.8. The number of ether oxygens (including phenoxy) is 8. The van der Waals surface area contributed by atoms with Crippen molar-refractivity contribution in [3.8, 4) is 0 Å². The molecule has 3 heterocycles. The van der Waals surface area contributed by atoms with Gasteiger partial charge in [-0.05, 0) is 17.0 Å². The van der Waals surface area contributed by atoms with Gasteiger partial charge in [-0.25, -0.2) is 0 Å². The molecule has 3 fully saturated rings. The number of benzene rings is 3. The molecule has 3 saturated heterocycles. The highest BCUT2D eigenvalue weighted by atomic mass is 16.8. The molecule has 0 aliphatic carbocycles. The van der Waals surface area contributed by atoms with Crippen LogP contribution in [0.25, 0.3) is 0 Å². The van der Waals surface area contributed by atoms with E-state index in [4.69, 9.17) is 37.9 Å². The fourth-order valence-electron chi connectivity index (χ4n) is 6.63. The summed E-state index contributed by atoms with van der Waals surface area (Å²) in [6.45, 7) is 9.10. The van der Waals surface area contributed by atoms with Crippen LogP contribution in [0.2, 0.25) is 0 Å². The molecule has 5 unspecified atom stereocenters. The third-order valence-corrected chi connectivity index (χ3v) is 9.44. The fraction of sp³-hybridized carbons (Fsp3) is 0.500. The molecule has 0 spiro atoms. The lowest BCUT2D eigenvalue weighted by atomic mass is 9.84. The predicted octanol–water partition coefficient (Wildman–Crippen LogP) is 6.21. The Balaban J connectivity index is 1.18.